The number of carbonyl (C=O) groups excluding carboxylic acids is 1. The summed E-state index contributed by atoms with van der Waals surface area (Å²) in [7, 11) is 3.27. The molecule has 0 aliphatic carbocycles. The van der Waals surface area contributed by atoms with Gasteiger partial charge in [0, 0.05) is 11.6 Å². The van der Waals surface area contributed by atoms with E-state index < -0.39 is 0 Å². The molecule has 0 bridgehead atoms. The van der Waals surface area contributed by atoms with Crippen molar-refractivity contribution in [3.05, 3.63) is 90.0 Å². The highest BCUT2D eigenvalue weighted by molar-refractivity contribution is 5.74. The van der Waals surface area contributed by atoms with Crippen LogP contribution in [0, 0.1) is 0 Å². The van der Waals surface area contributed by atoms with Gasteiger partial charge in [-0.15, -0.1) is 0 Å². The minimum absolute atomic E-state index is 0.619. The molecule has 0 heterocycles. The molecule has 3 aromatic rings. The summed E-state index contributed by atoms with van der Waals surface area (Å²) in [6.07, 6.45) is 1.49. The zero-order valence-corrected chi connectivity index (χ0v) is 16.0. The molecule has 0 fully saturated rings. The quantitative estimate of drug-likeness (QED) is 0.484. The first kappa shape index (κ1) is 19.2. The van der Waals surface area contributed by atoms with E-state index in [1.807, 2.05) is 42.5 Å². The maximum absolute atomic E-state index is 10.7. The van der Waals surface area contributed by atoms with Crippen LogP contribution in [0.15, 0.2) is 73.3 Å². The number of rotatable bonds is 8. The van der Waals surface area contributed by atoms with E-state index >= 15 is 0 Å². The van der Waals surface area contributed by atoms with Crippen molar-refractivity contribution >= 4 is 11.9 Å². The molecule has 0 aliphatic rings. The molecule has 0 unspecified atom stereocenters. The van der Waals surface area contributed by atoms with Gasteiger partial charge < -0.3 is 14.2 Å². The van der Waals surface area contributed by atoms with E-state index in [1.165, 1.54) is 0 Å². The topological polar surface area (TPSA) is 44.8 Å². The second-order valence-electron chi connectivity index (χ2n) is 6.31. The number of allylic oxidation sites excluding steroid dienone is 1. The lowest BCUT2D eigenvalue weighted by molar-refractivity contribution is 0.112. The summed E-state index contributed by atoms with van der Waals surface area (Å²) in [4.78, 5) is 10.7. The van der Waals surface area contributed by atoms with Crippen LogP contribution in [0.4, 0.5) is 0 Å². The Bertz CT molecular complexity index is 935. The third kappa shape index (κ3) is 4.80. The summed E-state index contributed by atoms with van der Waals surface area (Å²) in [5.74, 6) is 2.91. The van der Waals surface area contributed by atoms with Crippen LogP contribution in [0.3, 0.4) is 0 Å². The largest absolute Gasteiger partial charge is 0.497 e. The lowest BCUT2D eigenvalue weighted by Crippen LogP contribution is -1.94. The average Bonchev–Trinajstić information content (AvgIpc) is 2.74. The first-order valence-corrected chi connectivity index (χ1v) is 8.84. The van der Waals surface area contributed by atoms with Gasteiger partial charge in [-0.1, -0.05) is 18.7 Å². The molecular weight excluding hydrogens is 352 g/mol. The van der Waals surface area contributed by atoms with Crippen LogP contribution >= 0.6 is 0 Å². The van der Waals surface area contributed by atoms with Gasteiger partial charge in [-0.3, -0.25) is 4.79 Å². The van der Waals surface area contributed by atoms with Gasteiger partial charge in [-0.25, -0.2) is 0 Å². The molecule has 0 saturated heterocycles. The molecule has 0 aliphatic heterocycles. The third-order valence-corrected chi connectivity index (χ3v) is 4.34. The summed E-state index contributed by atoms with van der Waals surface area (Å²) in [5.41, 5.74) is 3.70. The molecule has 3 rings (SSSR count). The Morgan fingerprint density at radius 1 is 0.821 bits per heavy atom. The summed E-state index contributed by atoms with van der Waals surface area (Å²) in [6, 6.07) is 20.6. The van der Waals surface area contributed by atoms with Crippen LogP contribution in [-0.2, 0) is 6.42 Å². The van der Waals surface area contributed by atoms with Crippen LogP contribution in [0.25, 0.3) is 5.57 Å². The molecule has 0 atom stereocenters. The Morgan fingerprint density at radius 2 is 1.36 bits per heavy atom. The fraction of sp³-hybridized carbons (Fsp3) is 0.125. The van der Waals surface area contributed by atoms with Crippen LogP contribution in [0.1, 0.15) is 21.5 Å². The molecule has 142 valence electrons. The maximum Gasteiger partial charge on any atom is 0.150 e. The van der Waals surface area contributed by atoms with E-state index in [1.54, 1.807) is 38.5 Å². The Hall–Kier alpha value is -3.53. The number of aldehydes is 1. The lowest BCUT2D eigenvalue weighted by atomic mass is 9.99. The number of hydrogen-bond acceptors (Lipinski definition) is 4. The van der Waals surface area contributed by atoms with Crippen molar-refractivity contribution < 1.29 is 19.0 Å². The van der Waals surface area contributed by atoms with Crippen molar-refractivity contribution in [2.45, 2.75) is 6.42 Å². The van der Waals surface area contributed by atoms with Gasteiger partial charge in [0.15, 0.2) is 0 Å². The lowest BCUT2D eigenvalue weighted by Gasteiger charge is -2.11. The highest BCUT2D eigenvalue weighted by Gasteiger charge is 2.06. The van der Waals surface area contributed by atoms with E-state index in [-0.39, 0.29) is 0 Å². The Kier molecular flexibility index (Phi) is 6.12. The second-order valence-corrected chi connectivity index (χ2v) is 6.31. The molecule has 28 heavy (non-hydrogen) atoms. The van der Waals surface area contributed by atoms with Crippen molar-refractivity contribution in [3.63, 3.8) is 0 Å². The Morgan fingerprint density at radius 3 is 1.86 bits per heavy atom. The normalized spacial score (nSPS) is 10.2. The zero-order chi connectivity index (χ0) is 19.9. The molecule has 0 spiro atoms. The molecular formula is C24H22O4. The molecule has 0 amide bonds. The summed E-state index contributed by atoms with van der Waals surface area (Å²) >= 11 is 0. The van der Waals surface area contributed by atoms with Crippen molar-refractivity contribution in [3.8, 4) is 23.0 Å². The highest BCUT2D eigenvalue weighted by Crippen LogP contribution is 2.28. The Balaban J connectivity index is 1.68. The number of methoxy groups -OCH3 is 2. The number of ether oxygens (including phenoxy) is 3. The monoisotopic (exact) mass is 374 g/mol. The van der Waals surface area contributed by atoms with Gasteiger partial charge in [0.1, 0.15) is 29.3 Å². The van der Waals surface area contributed by atoms with Crippen molar-refractivity contribution in [1.29, 1.82) is 0 Å². The number of benzene rings is 3. The van der Waals surface area contributed by atoms with Gasteiger partial charge >= 0.3 is 0 Å². The second kappa shape index (κ2) is 8.91. The van der Waals surface area contributed by atoms with Crippen molar-refractivity contribution in [2.75, 3.05) is 14.2 Å². The molecule has 3 aromatic carbocycles. The van der Waals surface area contributed by atoms with Crippen molar-refractivity contribution in [2.24, 2.45) is 0 Å². The van der Waals surface area contributed by atoms with Gasteiger partial charge in [0.05, 0.1) is 14.2 Å². The van der Waals surface area contributed by atoms with E-state index in [2.05, 4.69) is 6.58 Å². The van der Waals surface area contributed by atoms with Gasteiger partial charge in [-0.05, 0) is 71.7 Å². The summed E-state index contributed by atoms with van der Waals surface area (Å²) < 4.78 is 16.5. The van der Waals surface area contributed by atoms with Gasteiger partial charge in [0.2, 0.25) is 0 Å². The van der Waals surface area contributed by atoms with E-state index in [0.29, 0.717) is 17.7 Å². The maximum atomic E-state index is 10.7. The third-order valence-electron chi connectivity index (χ3n) is 4.34. The summed E-state index contributed by atoms with van der Waals surface area (Å²) in [5, 5.41) is 0. The summed E-state index contributed by atoms with van der Waals surface area (Å²) in [6.45, 7) is 4.21. The van der Waals surface area contributed by atoms with Gasteiger partial charge in [-0.2, -0.15) is 0 Å². The van der Waals surface area contributed by atoms with Crippen molar-refractivity contribution in [1.82, 2.24) is 0 Å². The Labute approximate surface area is 165 Å². The molecule has 0 aromatic heterocycles. The molecule has 0 radical (unpaired) electrons. The minimum Gasteiger partial charge on any atom is -0.497 e. The SMILES string of the molecule is C=C(Cc1cc(OC)cc(OC)c1)c1ccc(Oc2ccc(C=O)cc2)cc1. The molecule has 0 N–H and O–H groups in total. The fourth-order valence-corrected chi connectivity index (χ4v) is 2.83. The van der Waals surface area contributed by atoms with E-state index in [0.717, 1.165) is 40.2 Å². The standard InChI is InChI=1S/C24H22O4/c1-17(12-19-13-23(26-2)15-24(14-19)27-3)20-6-10-22(11-7-20)28-21-8-4-18(16-25)5-9-21/h4-11,13-16H,1,12H2,2-3H3. The predicted molar refractivity (Wildman–Crippen MR) is 111 cm³/mol. The minimum atomic E-state index is 0.619. The smallest absolute Gasteiger partial charge is 0.150 e. The van der Waals surface area contributed by atoms with Crippen LogP contribution < -0.4 is 14.2 Å². The van der Waals surface area contributed by atoms with E-state index in [9.17, 15) is 4.79 Å². The zero-order valence-electron chi connectivity index (χ0n) is 16.0. The fourth-order valence-electron chi connectivity index (χ4n) is 2.83. The first-order valence-electron chi connectivity index (χ1n) is 8.84. The van der Waals surface area contributed by atoms with Crippen LogP contribution in [-0.4, -0.2) is 20.5 Å². The van der Waals surface area contributed by atoms with E-state index in [4.69, 9.17) is 14.2 Å². The van der Waals surface area contributed by atoms with Crippen LogP contribution in [0.5, 0.6) is 23.0 Å². The molecule has 4 nitrogen and oxygen atoms in total. The predicted octanol–water partition coefficient (Wildman–Crippen LogP) is 5.56. The average molecular weight is 374 g/mol. The highest BCUT2D eigenvalue weighted by atomic mass is 16.5. The molecule has 4 heteroatoms. The van der Waals surface area contributed by atoms with Gasteiger partial charge in [0.25, 0.3) is 0 Å². The first-order chi connectivity index (χ1) is 13.6. The molecule has 0 saturated carbocycles. The number of hydrogen-bond donors (Lipinski definition) is 0. The van der Waals surface area contributed by atoms with Crippen LogP contribution in [0.2, 0.25) is 0 Å². The number of carbonyl (C=O) groups is 1.